The number of hydrogen-bond donors (Lipinski definition) is 1. The molecule has 1 amide bonds. The molecule has 1 fully saturated rings. The van der Waals surface area contributed by atoms with Gasteiger partial charge < -0.3 is 10.6 Å². The van der Waals surface area contributed by atoms with Crippen LogP contribution in [0.1, 0.15) is 15.9 Å². The number of nitrogens with zero attached hydrogens (tertiary/aromatic N) is 2. The first-order valence-electron chi connectivity index (χ1n) is 7.16. The maximum Gasteiger partial charge on any atom is 0.254 e. The van der Waals surface area contributed by atoms with E-state index in [0.717, 1.165) is 50.3 Å². The third-order valence-electron chi connectivity index (χ3n) is 3.71. The van der Waals surface area contributed by atoms with Crippen molar-refractivity contribution in [1.29, 1.82) is 0 Å². The molecule has 0 unspecified atom stereocenters. The van der Waals surface area contributed by atoms with E-state index in [-0.39, 0.29) is 5.91 Å². The number of benzene rings is 1. The van der Waals surface area contributed by atoms with Gasteiger partial charge in [-0.3, -0.25) is 9.69 Å². The fourth-order valence-electron chi connectivity index (χ4n) is 2.59. The summed E-state index contributed by atoms with van der Waals surface area (Å²) in [5.41, 5.74) is 7.47. The number of nitrogens with two attached hydrogens (primary N) is 1. The summed E-state index contributed by atoms with van der Waals surface area (Å²) < 4.78 is 0. The maximum absolute atomic E-state index is 12.6. The molecule has 0 radical (unpaired) electrons. The Balaban J connectivity index is 2.03. The first kappa shape index (κ1) is 14.8. The lowest BCUT2D eigenvalue weighted by atomic mass is 10.0. The SMILES string of the molecule is C=CCN1CCN(C(=O)c2ccccc2CCN)CC1. The highest BCUT2D eigenvalue weighted by Gasteiger charge is 2.22. The van der Waals surface area contributed by atoms with E-state index in [4.69, 9.17) is 5.73 Å². The second-order valence-electron chi connectivity index (χ2n) is 5.08. The van der Waals surface area contributed by atoms with Crippen LogP contribution in [-0.2, 0) is 6.42 Å². The zero-order valence-corrected chi connectivity index (χ0v) is 11.9. The molecule has 1 aliphatic rings. The van der Waals surface area contributed by atoms with Crippen molar-refractivity contribution >= 4 is 5.91 Å². The summed E-state index contributed by atoms with van der Waals surface area (Å²) in [7, 11) is 0. The van der Waals surface area contributed by atoms with Crippen molar-refractivity contribution in [2.24, 2.45) is 5.73 Å². The fraction of sp³-hybridized carbons (Fsp3) is 0.438. The fourth-order valence-corrected chi connectivity index (χ4v) is 2.59. The normalized spacial score (nSPS) is 16.1. The molecule has 4 nitrogen and oxygen atoms in total. The summed E-state index contributed by atoms with van der Waals surface area (Å²) in [5.74, 6) is 0.132. The van der Waals surface area contributed by atoms with Gasteiger partial charge in [-0.2, -0.15) is 0 Å². The third kappa shape index (κ3) is 3.46. The third-order valence-corrected chi connectivity index (χ3v) is 3.71. The van der Waals surface area contributed by atoms with E-state index in [2.05, 4.69) is 11.5 Å². The molecular formula is C16H23N3O. The first-order valence-corrected chi connectivity index (χ1v) is 7.16. The van der Waals surface area contributed by atoms with Crippen molar-refractivity contribution in [3.63, 3.8) is 0 Å². The highest BCUT2D eigenvalue weighted by atomic mass is 16.2. The summed E-state index contributed by atoms with van der Waals surface area (Å²) in [5, 5.41) is 0. The van der Waals surface area contributed by atoms with Crippen LogP contribution < -0.4 is 5.73 Å². The number of carbonyl (C=O) groups excluding carboxylic acids is 1. The standard InChI is InChI=1S/C16H23N3O/c1-2-9-18-10-12-19(13-11-18)16(20)15-6-4-3-5-14(15)7-8-17/h2-6H,1,7-13,17H2. The molecule has 1 aromatic carbocycles. The molecule has 1 aliphatic heterocycles. The summed E-state index contributed by atoms with van der Waals surface area (Å²) in [6.07, 6.45) is 2.66. The molecule has 0 bridgehead atoms. The van der Waals surface area contributed by atoms with Crippen molar-refractivity contribution in [1.82, 2.24) is 9.80 Å². The van der Waals surface area contributed by atoms with Gasteiger partial charge in [-0.1, -0.05) is 24.3 Å². The molecule has 2 N–H and O–H groups in total. The molecule has 0 aromatic heterocycles. The molecule has 1 heterocycles. The predicted molar refractivity (Wildman–Crippen MR) is 81.7 cm³/mol. The summed E-state index contributed by atoms with van der Waals surface area (Å²) in [6, 6.07) is 7.78. The molecule has 0 aliphatic carbocycles. The van der Waals surface area contributed by atoms with Gasteiger partial charge >= 0.3 is 0 Å². The van der Waals surface area contributed by atoms with Gasteiger partial charge in [0.2, 0.25) is 0 Å². The van der Waals surface area contributed by atoms with Gasteiger partial charge in [0.05, 0.1) is 0 Å². The minimum atomic E-state index is 0.132. The smallest absolute Gasteiger partial charge is 0.254 e. The highest BCUT2D eigenvalue weighted by Crippen LogP contribution is 2.14. The summed E-state index contributed by atoms with van der Waals surface area (Å²) >= 11 is 0. The number of rotatable bonds is 5. The monoisotopic (exact) mass is 273 g/mol. The van der Waals surface area contributed by atoms with Crippen LogP contribution in [-0.4, -0.2) is 55.0 Å². The van der Waals surface area contributed by atoms with Gasteiger partial charge in [0, 0.05) is 38.3 Å². The van der Waals surface area contributed by atoms with Gasteiger partial charge in [-0.05, 0) is 24.6 Å². The minimum Gasteiger partial charge on any atom is -0.336 e. The van der Waals surface area contributed by atoms with Crippen LogP contribution in [0.3, 0.4) is 0 Å². The average molecular weight is 273 g/mol. The topological polar surface area (TPSA) is 49.6 Å². The molecule has 1 saturated heterocycles. The van der Waals surface area contributed by atoms with E-state index in [1.54, 1.807) is 0 Å². The molecule has 20 heavy (non-hydrogen) atoms. The highest BCUT2D eigenvalue weighted by molar-refractivity contribution is 5.95. The number of amides is 1. The number of piperazine rings is 1. The van der Waals surface area contributed by atoms with Crippen LogP contribution in [0.25, 0.3) is 0 Å². The van der Waals surface area contributed by atoms with Gasteiger partial charge in [-0.15, -0.1) is 6.58 Å². The van der Waals surface area contributed by atoms with Crippen molar-refractivity contribution in [2.75, 3.05) is 39.3 Å². The lowest BCUT2D eigenvalue weighted by molar-refractivity contribution is 0.0649. The second kappa shape index (κ2) is 7.22. The van der Waals surface area contributed by atoms with Crippen molar-refractivity contribution in [3.05, 3.63) is 48.0 Å². The molecule has 1 aromatic rings. The molecule has 108 valence electrons. The Morgan fingerprint density at radius 1 is 1.25 bits per heavy atom. The second-order valence-corrected chi connectivity index (χ2v) is 5.08. The van der Waals surface area contributed by atoms with Crippen LogP contribution in [0.15, 0.2) is 36.9 Å². The van der Waals surface area contributed by atoms with Crippen LogP contribution in [0, 0.1) is 0 Å². The Kier molecular flexibility index (Phi) is 5.32. The quantitative estimate of drug-likeness (QED) is 0.818. The summed E-state index contributed by atoms with van der Waals surface area (Å²) in [6.45, 7) is 8.61. The van der Waals surface area contributed by atoms with Crippen molar-refractivity contribution in [2.45, 2.75) is 6.42 Å². The average Bonchev–Trinajstić information content (AvgIpc) is 2.49. The molecule has 0 saturated carbocycles. The van der Waals surface area contributed by atoms with Crippen LogP contribution >= 0.6 is 0 Å². The van der Waals surface area contributed by atoms with Crippen LogP contribution in [0.5, 0.6) is 0 Å². The first-order chi connectivity index (χ1) is 9.76. The lowest BCUT2D eigenvalue weighted by Gasteiger charge is -2.34. The van der Waals surface area contributed by atoms with Crippen LogP contribution in [0.2, 0.25) is 0 Å². The van der Waals surface area contributed by atoms with Crippen molar-refractivity contribution in [3.8, 4) is 0 Å². The van der Waals surface area contributed by atoms with E-state index in [9.17, 15) is 4.79 Å². The Morgan fingerprint density at radius 3 is 2.60 bits per heavy atom. The maximum atomic E-state index is 12.6. The minimum absolute atomic E-state index is 0.132. The zero-order chi connectivity index (χ0) is 14.4. The van der Waals surface area contributed by atoms with Gasteiger partial charge in [0.15, 0.2) is 0 Å². The van der Waals surface area contributed by atoms with Crippen molar-refractivity contribution < 1.29 is 4.79 Å². The Hall–Kier alpha value is -1.65. The van der Waals surface area contributed by atoms with Crippen LogP contribution in [0.4, 0.5) is 0 Å². The predicted octanol–water partition coefficient (Wildman–Crippen LogP) is 1.13. The van der Waals surface area contributed by atoms with E-state index in [1.165, 1.54) is 0 Å². The molecular weight excluding hydrogens is 250 g/mol. The molecule has 0 spiro atoms. The number of hydrogen-bond acceptors (Lipinski definition) is 3. The van der Waals surface area contributed by atoms with E-state index >= 15 is 0 Å². The van der Waals surface area contributed by atoms with E-state index < -0.39 is 0 Å². The molecule has 0 atom stereocenters. The van der Waals surface area contributed by atoms with E-state index in [0.29, 0.717) is 6.54 Å². The number of carbonyl (C=O) groups is 1. The van der Waals surface area contributed by atoms with Gasteiger partial charge in [0.25, 0.3) is 5.91 Å². The van der Waals surface area contributed by atoms with E-state index in [1.807, 2.05) is 35.2 Å². The Bertz CT molecular complexity index is 465. The Labute approximate surface area is 120 Å². The lowest BCUT2D eigenvalue weighted by Crippen LogP contribution is -2.48. The molecule has 2 rings (SSSR count). The summed E-state index contributed by atoms with van der Waals surface area (Å²) in [4.78, 5) is 16.9. The van der Waals surface area contributed by atoms with Gasteiger partial charge in [-0.25, -0.2) is 0 Å². The largest absolute Gasteiger partial charge is 0.336 e. The van der Waals surface area contributed by atoms with Gasteiger partial charge in [0.1, 0.15) is 0 Å². The zero-order valence-electron chi connectivity index (χ0n) is 11.9. The molecule has 4 heteroatoms. The Morgan fingerprint density at radius 2 is 1.95 bits per heavy atom.